The first-order chi connectivity index (χ1) is 19.3. The molecule has 0 bridgehead atoms. The molecule has 1 fully saturated rings. The SMILES string of the molecule is COC(=O)C1=C(C(=O)OC)N2C(=O)[C@H](NC(=O)c3ccccc3)[C@@H](c3ccccc3)N2[C@H]1c1c(Cl)cccc1Cl. The van der Waals surface area contributed by atoms with E-state index in [1.54, 1.807) is 78.9 Å². The van der Waals surface area contributed by atoms with Crippen molar-refractivity contribution in [1.82, 2.24) is 15.3 Å². The van der Waals surface area contributed by atoms with E-state index in [4.69, 9.17) is 32.7 Å². The average Bonchev–Trinajstić information content (AvgIpc) is 3.45. The number of ether oxygens (including phenoxy) is 2. The number of fused-ring (bicyclic) bond motifs is 1. The molecule has 204 valence electrons. The van der Waals surface area contributed by atoms with E-state index in [2.05, 4.69) is 5.32 Å². The topological polar surface area (TPSA) is 105 Å². The average molecular weight is 580 g/mol. The molecule has 3 aromatic carbocycles. The highest BCUT2D eigenvalue weighted by atomic mass is 35.5. The lowest BCUT2D eigenvalue weighted by Gasteiger charge is -2.33. The summed E-state index contributed by atoms with van der Waals surface area (Å²) in [6.07, 6.45) is 0. The molecular weight excluding hydrogens is 557 g/mol. The van der Waals surface area contributed by atoms with Gasteiger partial charge in [-0.15, -0.1) is 0 Å². The van der Waals surface area contributed by atoms with Crippen LogP contribution < -0.4 is 5.32 Å². The fourth-order valence-corrected chi connectivity index (χ4v) is 5.75. The Bertz CT molecular complexity index is 1510. The number of nitrogens with one attached hydrogen (secondary N) is 1. The number of hydrogen-bond acceptors (Lipinski definition) is 7. The van der Waals surface area contributed by atoms with Crippen LogP contribution in [0.4, 0.5) is 0 Å². The second kappa shape index (κ2) is 11.1. The Morgan fingerprint density at radius 2 is 1.38 bits per heavy atom. The lowest BCUT2D eigenvalue weighted by atomic mass is 9.92. The molecule has 0 radical (unpaired) electrons. The van der Waals surface area contributed by atoms with Crippen LogP contribution in [-0.4, -0.2) is 54.0 Å². The molecule has 9 nitrogen and oxygen atoms in total. The number of amides is 2. The summed E-state index contributed by atoms with van der Waals surface area (Å²) in [5.74, 6) is -2.98. The van der Waals surface area contributed by atoms with Gasteiger partial charge in [0.2, 0.25) is 0 Å². The smallest absolute Gasteiger partial charge is 0.356 e. The number of methoxy groups -OCH3 is 2. The van der Waals surface area contributed by atoms with Gasteiger partial charge in [-0.2, -0.15) is 5.01 Å². The maximum Gasteiger partial charge on any atom is 0.356 e. The first kappa shape index (κ1) is 27.4. The van der Waals surface area contributed by atoms with E-state index in [0.29, 0.717) is 11.1 Å². The van der Waals surface area contributed by atoms with Gasteiger partial charge in [0.25, 0.3) is 11.8 Å². The highest BCUT2D eigenvalue weighted by Crippen LogP contribution is 2.53. The molecule has 2 aliphatic rings. The molecule has 3 aromatic rings. The number of carbonyl (C=O) groups is 4. The Morgan fingerprint density at radius 3 is 1.95 bits per heavy atom. The second-order valence-electron chi connectivity index (χ2n) is 8.99. The summed E-state index contributed by atoms with van der Waals surface area (Å²) in [7, 11) is 2.29. The summed E-state index contributed by atoms with van der Waals surface area (Å²) in [6, 6.07) is 19.0. The molecule has 0 spiro atoms. The Labute approximate surface area is 239 Å². The molecule has 1 saturated heterocycles. The molecule has 2 aliphatic heterocycles. The standard InChI is InChI=1S/C29H23Cl2N3O6/c1-39-28(37)21-24(20-18(30)14-9-15-19(20)31)33-23(16-10-5-3-6-11-16)22(27(36)34(33)25(21)29(38)40-2)32-26(35)17-12-7-4-8-13-17/h3-15,22-24H,1-2H3,(H,32,35)/t22-,23-,24+/m1/s1. The zero-order valence-electron chi connectivity index (χ0n) is 21.3. The Kier molecular flexibility index (Phi) is 7.62. The first-order valence-corrected chi connectivity index (χ1v) is 12.9. The van der Waals surface area contributed by atoms with Gasteiger partial charge in [0.1, 0.15) is 6.04 Å². The van der Waals surface area contributed by atoms with E-state index in [0.717, 1.165) is 19.2 Å². The lowest BCUT2D eigenvalue weighted by molar-refractivity contribution is -0.146. The summed E-state index contributed by atoms with van der Waals surface area (Å²) in [6.45, 7) is 0. The van der Waals surface area contributed by atoms with Crippen molar-refractivity contribution in [2.45, 2.75) is 18.1 Å². The van der Waals surface area contributed by atoms with Crippen LogP contribution in [-0.2, 0) is 23.9 Å². The zero-order valence-corrected chi connectivity index (χ0v) is 22.8. The lowest BCUT2D eigenvalue weighted by Crippen LogP contribution is -2.44. The summed E-state index contributed by atoms with van der Waals surface area (Å²) < 4.78 is 10.1. The third-order valence-corrected chi connectivity index (χ3v) is 7.49. The second-order valence-corrected chi connectivity index (χ2v) is 9.80. The van der Waals surface area contributed by atoms with Crippen LogP contribution >= 0.6 is 23.2 Å². The molecule has 40 heavy (non-hydrogen) atoms. The van der Waals surface area contributed by atoms with E-state index in [1.165, 1.54) is 5.01 Å². The highest BCUT2D eigenvalue weighted by molar-refractivity contribution is 6.36. The van der Waals surface area contributed by atoms with Crippen molar-refractivity contribution >= 4 is 47.0 Å². The Balaban J connectivity index is 1.76. The molecule has 2 amide bonds. The van der Waals surface area contributed by atoms with Crippen LogP contribution in [0.1, 0.15) is 33.6 Å². The molecule has 0 unspecified atom stereocenters. The molecule has 5 rings (SSSR count). The largest absolute Gasteiger partial charge is 0.466 e. The van der Waals surface area contributed by atoms with Gasteiger partial charge >= 0.3 is 11.9 Å². The minimum absolute atomic E-state index is 0.175. The number of hydrogen-bond donors (Lipinski definition) is 1. The third-order valence-electron chi connectivity index (χ3n) is 6.83. The molecule has 11 heteroatoms. The fourth-order valence-electron chi connectivity index (χ4n) is 5.15. The molecule has 0 saturated carbocycles. The number of rotatable bonds is 6. The zero-order chi connectivity index (χ0) is 28.6. The summed E-state index contributed by atoms with van der Waals surface area (Å²) in [5.41, 5.74) is 0.720. The van der Waals surface area contributed by atoms with Crippen molar-refractivity contribution < 1.29 is 28.7 Å². The molecule has 2 heterocycles. The third kappa shape index (κ3) is 4.52. The number of halogens is 2. The van der Waals surface area contributed by atoms with Crippen molar-refractivity contribution in [2.24, 2.45) is 0 Å². The number of carbonyl (C=O) groups excluding carboxylic acids is 4. The van der Waals surface area contributed by atoms with Crippen molar-refractivity contribution in [3.05, 3.63) is 117 Å². The summed E-state index contributed by atoms with van der Waals surface area (Å²) >= 11 is 13.3. The van der Waals surface area contributed by atoms with Crippen LogP contribution in [0.2, 0.25) is 10.0 Å². The van der Waals surface area contributed by atoms with Crippen LogP contribution in [0.3, 0.4) is 0 Å². The minimum atomic E-state index is -1.17. The van der Waals surface area contributed by atoms with E-state index < -0.39 is 41.9 Å². The van der Waals surface area contributed by atoms with Crippen molar-refractivity contribution in [2.75, 3.05) is 14.2 Å². The monoisotopic (exact) mass is 579 g/mol. The Hall–Kier alpha value is -4.18. The van der Waals surface area contributed by atoms with Gasteiger partial charge in [-0.25, -0.2) is 14.6 Å². The summed E-state index contributed by atoms with van der Waals surface area (Å²) in [4.78, 5) is 53.9. The number of esters is 2. The minimum Gasteiger partial charge on any atom is -0.466 e. The van der Waals surface area contributed by atoms with Crippen molar-refractivity contribution in [1.29, 1.82) is 0 Å². The maximum absolute atomic E-state index is 14.2. The molecule has 3 atom stereocenters. The predicted octanol–water partition coefficient (Wildman–Crippen LogP) is 4.25. The van der Waals surface area contributed by atoms with E-state index in [-0.39, 0.29) is 26.9 Å². The van der Waals surface area contributed by atoms with Gasteiger partial charge < -0.3 is 14.8 Å². The fraction of sp³-hybridized carbons (Fsp3) is 0.172. The van der Waals surface area contributed by atoms with E-state index in [9.17, 15) is 19.2 Å². The quantitative estimate of drug-likeness (QED) is 0.435. The van der Waals surface area contributed by atoms with E-state index >= 15 is 0 Å². The van der Waals surface area contributed by atoms with Crippen LogP contribution in [0.15, 0.2) is 90.1 Å². The number of nitrogens with zero attached hydrogens (tertiary/aromatic N) is 2. The molecule has 1 N–H and O–H groups in total. The van der Waals surface area contributed by atoms with Crippen LogP contribution in [0, 0.1) is 0 Å². The van der Waals surface area contributed by atoms with Gasteiger partial charge in [-0.05, 0) is 29.8 Å². The maximum atomic E-state index is 14.2. The van der Waals surface area contributed by atoms with Gasteiger partial charge in [0.15, 0.2) is 5.70 Å². The van der Waals surface area contributed by atoms with Crippen LogP contribution in [0.5, 0.6) is 0 Å². The van der Waals surface area contributed by atoms with Gasteiger partial charge in [-0.1, -0.05) is 77.8 Å². The highest BCUT2D eigenvalue weighted by Gasteiger charge is 2.61. The van der Waals surface area contributed by atoms with Crippen molar-refractivity contribution in [3.63, 3.8) is 0 Å². The van der Waals surface area contributed by atoms with Gasteiger partial charge in [0.05, 0.1) is 31.9 Å². The molecule has 0 aromatic heterocycles. The normalized spacial score (nSPS) is 20.4. The number of hydrazine groups is 1. The predicted molar refractivity (Wildman–Crippen MR) is 146 cm³/mol. The van der Waals surface area contributed by atoms with Gasteiger partial charge in [-0.3, -0.25) is 9.59 Å². The number of benzene rings is 3. The van der Waals surface area contributed by atoms with Gasteiger partial charge in [0, 0.05) is 21.2 Å². The molecular formula is C29H23Cl2N3O6. The van der Waals surface area contributed by atoms with E-state index in [1.807, 2.05) is 0 Å². The van der Waals surface area contributed by atoms with Crippen molar-refractivity contribution in [3.8, 4) is 0 Å². The first-order valence-electron chi connectivity index (χ1n) is 12.2. The molecule has 0 aliphatic carbocycles. The summed E-state index contributed by atoms with van der Waals surface area (Å²) in [5, 5.41) is 5.81. The van der Waals surface area contributed by atoms with Crippen LogP contribution in [0.25, 0.3) is 0 Å². The Morgan fingerprint density at radius 1 is 0.800 bits per heavy atom.